The van der Waals surface area contributed by atoms with Gasteiger partial charge in [0.25, 0.3) is 0 Å². The Morgan fingerprint density at radius 2 is 1.73 bits per heavy atom. The van der Waals surface area contributed by atoms with Crippen LogP contribution in [0.15, 0.2) is 48.5 Å². The molecule has 2 rings (SSSR count). The Hall–Kier alpha value is -1.91. The first kappa shape index (κ1) is 18.1. The van der Waals surface area contributed by atoms with E-state index in [9.17, 15) is 4.79 Å². The number of carbonyl (C=O) groups is 1. The van der Waals surface area contributed by atoms with Crippen LogP contribution in [0.4, 0.5) is 5.69 Å². The number of carboxylic acids is 1. The zero-order chi connectivity index (χ0) is 15.1. The molecule has 6 heteroatoms. The average molecular weight is 342 g/mol. The minimum absolute atomic E-state index is 0. The molecule has 0 spiro atoms. The van der Waals surface area contributed by atoms with Crippen molar-refractivity contribution in [3.8, 4) is 5.75 Å². The van der Waals surface area contributed by atoms with Gasteiger partial charge in [-0.2, -0.15) is 0 Å². The predicted molar refractivity (Wildman–Crippen MR) is 90.7 cm³/mol. The molecule has 0 atom stereocenters. The molecule has 22 heavy (non-hydrogen) atoms. The molecule has 0 aromatic heterocycles. The van der Waals surface area contributed by atoms with Crippen LogP contribution in [0.5, 0.6) is 5.75 Å². The summed E-state index contributed by atoms with van der Waals surface area (Å²) in [6.45, 7) is 1.35. The molecule has 2 aromatic rings. The van der Waals surface area contributed by atoms with Gasteiger partial charge in [0.05, 0.1) is 12.2 Å². The zero-order valence-corrected chi connectivity index (χ0v) is 13.4. The van der Waals surface area contributed by atoms with E-state index in [0.717, 1.165) is 18.7 Å². The van der Waals surface area contributed by atoms with Crippen LogP contribution in [0.25, 0.3) is 0 Å². The Morgan fingerprint density at radius 3 is 2.32 bits per heavy atom. The average Bonchev–Trinajstić information content (AvgIpc) is 2.49. The molecule has 0 bridgehead atoms. The summed E-state index contributed by atoms with van der Waals surface area (Å²) in [5.41, 5.74) is 1.27. The van der Waals surface area contributed by atoms with Gasteiger partial charge in [0.15, 0.2) is 0 Å². The third-order valence-electron chi connectivity index (χ3n) is 2.86. The van der Waals surface area contributed by atoms with Crippen LogP contribution < -0.4 is 10.1 Å². The highest BCUT2D eigenvalue weighted by molar-refractivity contribution is 6.30. The largest absolute Gasteiger partial charge is 0.494 e. The highest BCUT2D eigenvalue weighted by Crippen LogP contribution is 2.14. The molecule has 0 aliphatic rings. The number of hydrogen-bond acceptors (Lipinski definition) is 3. The molecule has 118 valence electrons. The van der Waals surface area contributed by atoms with E-state index in [1.54, 1.807) is 12.1 Å². The maximum absolute atomic E-state index is 10.7. The smallest absolute Gasteiger partial charge is 0.335 e. The van der Waals surface area contributed by atoms with Crippen molar-refractivity contribution in [1.29, 1.82) is 0 Å². The van der Waals surface area contributed by atoms with Gasteiger partial charge < -0.3 is 15.2 Å². The first-order valence-corrected chi connectivity index (χ1v) is 6.98. The lowest BCUT2D eigenvalue weighted by molar-refractivity contribution is 0.0697. The van der Waals surface area contributed by atoms with Crippen molar-refractivity contribution in [3.05, 3.63) is 59.1 Å². The minimum Gasteiger partial charge on any atom is -0.494 e. The van der Waals surface area contributed by atoms with Gasteiger partial charge in [0.1, 0.15) is 5.75 Å². The normalized spacial score (nSPS) is 9.68. The lowest BCUT2D eigenvalue weighted by Gasteiger charge is -2.08. The Kier molecular flexibility index (Phi) is 7.57. The van der Waals surface area contributed by atoms with Crippen LogP contribution >= 0.6 is 24.0 Å². The van der Waals surface area contributed by atoms with Crippen LogP contribution in [0.1, 0.15) is 16.8 Å². The lowest BCUT2D eigenvalue weighted by atomic mass is 10.2. The summed E-state index contributed by atoms with van der Waals surface area (Å²) in [5.74, 6) is -0.264. The molecule has 0 aliphatic carbocycles. The molecule has 0 unspecified atom stereocenters. The molecule has 0 radical (unpaired) electrons. The molecule has 2 aromatic carbocycles. The first-order valence-electron chi connectivity index (χ1n) is 6.61. The monoisotopic (exact) mass is 341 g/mol. The first-order chi connectivity index (χ1) is 10.1. The molecule has 0 amide bonds. The van der Waals surface area contributed by atoms with E-state index in [1.807, 2.05) is 24.3 Å². The second-order valence-corrected chi connectivity index (χ2v) is 4.90. The number of carboxylic acid groups (broad SMARTS) is 1. The number of nitrogens with one attached hydrogen (secondary N) is 1. The molecule has 0 saturated carbocycles. The fourth-order valence-electron chi connectivity index (χ4n) is 1.76. The third kappa shape index (κ3) is 5.84. The highest BCUT2D eigenvalue weighted by Gasteiger charge is 2.01. The number of hydrogen-bond donors (Lipinski definition) is 2. The summed E-state index contributed by atoms with van der Waals surface area (Å²) in [4.78, 5) is 10.7. The summed E-state index contributed by atoms with van der Waals surface area (Å²) in [5, 5.41) is 12.8. The number of benzene rings is 2. The summed E-state index contributed by atoms with van der Waals surface area (Å²) in [7, 11) is 0. The van der Waals surface area contributed by atoms with Crippen molar-refractivity contribution in [3.63, 3.8) is 0 Å². The van der Waals surface area contributed by atoms with E-state index in [2.05, 4.69) is 5.32 Å². The van der Waals surface area contributed by atoms with Crippen LogP contribution in [0.2, 0.25) is 5.02 Å². The van der Waals surface area contributed by atoms with Crippen LogP contribution in [-0.2, 0) is 0 Å². The molecule has 0 heterocycles. The second-order valence-electron chi connectivity index (χ2n) is 4.47. The molecule has 0 aliphatic heterocycles. The summed E-state index contributed by atoms with van der Waals surface area (Å²) < 4.78 is 5.54. The predicted octanol–water partition coefficient (Wildman–Crippen LogP) is 4.34. The van der Waals surface area contributed by atoms with E-state index in [1.165, 1.54) is 12.1 Å². The fourth-order valence-corrected chi connectivity index (χ4v) is 1.88. The number of aromatic carboxylic acids is 1. The Morgan fingerprint density at radius 1 is 1.09 bits per heavy atom. The fraction of sp³-hybridized carbons (Fsp3) is 0.188. The molecular weight excluding hydrogens is 325 g/mol. The topological polar surface area (TPSA) is 58.6 Å². The van der Waals surface area contributed by atoms with Gasteiger partial charge >= 0.3 is 5.97 Å². The SMILES string of the molecule is Cl.O=C(O)c1ccc(OCCCNc2ccc(Cl)cc2)cc1. The number of halogens is 2. The summed E-state index contributed by atoms with van der Waals surface area (Å²) >= 11 is 5.81. The van der Waals surface area contributed by atoms with Gasteiger partial charge in [-0.15, -0.1) is 12.4 Å². The van der Waals surface area contributed by atoms with Crippen molar-refractivity contribution in [1.82, 2.24) is 0 Å². The van der Waals surface area contributed by atoms with Gasteiger partial charge in [0.2, 0.25) is 0 Å². The molecule has 4 nitrogen and oxygen atoms in total. The number of rotatable bonds is 7. The molecule has 2 N–H and O–H groups in total. The summed E-state index contributed by atoms with van der Waals surface area (Å²) in [6, 6.07) is 13.9. The maximum atomic E-state index is 10.7. The standard InChI is InChI=1S/C16H16ClNO3.ClH/c17-13-4-6-14(7-5-13)18-10-1-11-21-15-8-2-12(3-9-15)16(19)20;/h2-9,18H,1,10-11H2,(H,19,20);1H. The second kappa shape index (κ2) is 9.18. The Balaban J connectivity index is 0.00000242. The van der Waals surface area contributed by atoms with Crippen LogP contribution in [-0.4, -0.2) is 24.2 Å². The highest BCUT2D eigenvalue weighted by atomic mass is 35.5. The van der Waals surface area contributed by atoms with Gasteiger partial charge in [-0.1, -0.05) is 11.6 Å². The zero-order valence-electron chi connectivity index (χ0n) is 11.8. The molecule has 0 fully saturated rings. The molecule has 0 saturated heterocycles. The van der Waals surface area contributed by atoms with Gasteiger partial charge in [-0.05, 0) is 55.0 Å². The van der Waals surface area contributed by atoms with E-state index < -0.39 is 5.97 Å². The summed E-state index contributed by atoms with van der Waals surface area (Å²) in [6.07, 6.45) is 0.837. The van der Waals surface area contributed by atoms with Crippen LogP contribution in [0, 0.1) is 0 Å². The molecular formula is C16H17Cl2NO3. The van der Waals surface area contributed by atoms with Gasteiger partial charge in [-0.25, -0.2) is 4.79 Å². The Labute approximate surface area is 140 Å². The van der Waals surface area contributed by atoms with E-state index in [0.29, 0.717) is 17.4 Å². The van der Waals surface area contributed by atoms with E-state index >= 15 is 0 Å². The van der Waals surface area contributed by atoms with Crippen molar-refractivity contribution in [2.45, 2.75) is 6.42 Å². The van der Waals surface area contributed by atoms with Crippen molar-refractivity contribution < 1.29 is 14.6 Å². The van der Waals surface area contributed by atoms with Crippen LogP contribution in [0.3, 0.4) is 0 Å². The quantitative estimate of drug-likeness (QED) is 0.735. The van der Waals surface area contributed by atoms with E-state index in [4.69, 9.17) is 21.4 Å². The number of anilines is 1. The van der Waals surface area contributed by atoms with Crippen molar-refractivity contribution in [2.75, 3.05) is 18.5 Å². The Bertz CT molecular complexity index is 585. The van der Waals surface area contributed by atoms with Crippen molar-refractivity contribution in [2.24, 2.45) is 0 Å². The van der Waals surface area contributed by atoms with Gasteiger partial charge in [0, 0.05) is 17.3 Å². The lowest BCUT2D eigenvalue weighted by Crippen LogP contribution is -2.07. The van der Waals surface area contributed by atoms with Gasteiger partial charge in [-0.3, -0.25) is 0 Å². The third-order valence-corrected chi connectivity index (χ3v) is 3.12. The van der Waals surface area contributed by atoms with E-state index in [-0.39, 0.29) is 18.0 Å². The number of ether oxygens (including phenoxy) is 1. The minimum atomic E-state index is -0.936. The van der Waals surface area contributed by atoms with Crippen molar-refractivity contribution >= 4 is 35.7 Å². The maximum Gasteiger partial charge on any atom is 0.335 e.